The van der Waals surface area contributed by atoms with Crippen molar-refractivity contribution in [3.05, 3.63) is 45.6 Å². The molecule has 0 bridgehead atoms. The third-order valence-electron chi connectivity index (χ3n) is 2.82. The van der Waals surface area contributed by atoms with E-state index in [1.807, 2.05) is 27.0 Å². The molecule has 0 radical (unpaired) electrons. The molecule has 0 saturated heterocycles. The van der Waals surface area contributed by atoms with E-state index in [1.165, 1.54) is 11.8 Å². The third kappa shape index (κ3) is 3.37. The van der Waals surface area contributed by atoms with Crippen molar-refractivity contribution in [1.82, 2.24) is 9.78 Å². The zero-order chi connectivity index (χ0) is 14.9. The van der Waals surface area contributed by atoms with Gasteiger partial charge in [-0.15, -0.1) is 0 Å². The molecule has 106 valence electrons. The van der Waals surface area contributed by atoms with Gasteiger partial charge in [-0.05, 0) is 38.1 Å². The first-order valence-electron chi connectivity index (χ1n) is 6.05. The number of aryl methyl sites for hydroxylation is 2. The van der Waals surface area contributed by atoms with Crippen molar-refractivity contribution < 1.29 is 4.79 Å². The summed E-state index contributed by atoms with van der Waals surface area (Å²) in [6.45, 7) is 3.78. The van der Waals surface area contributed by atoms with Gasteiger partial charge in [-0.3, -0.25) is 9.48 Å². The monoisotopic (exact) mass is 328 g/mol. The van der Waals surface area contributed by atoms with E-state index in [9.17, 15) is 4.79 Å². The largest absolute Gasteiger partial charge is 0.293 e. The van der Waals surface area contributed by atoms with Gasteiger partial charge in [0.15, 0.2) is 5.78 Å². The lowest BCUT2D eigenvalue weighted by Crippen LogP contribution is -2.14. The average Bonchev–Trinajstić information content (AvgIpc) is 2.67. The van der Waals surface area contributed by atoms with Crippen LogP contribution in [0.1, 0.15) is 23.0 Å². The van der Waals surface area contributed by atoms with Gasteiger partial charge in [0.1, 0.15) is 0 Å². The lowest BCUT2D eigenvalue weighted by molar-refractivity contribution is 0.0994. The maximum Gasteiger partial charge on any atom is 0.177 e. The molecule has 1 heterocycles. The number of thioether (sulfide) groups is 1. The molecular weight excluding hydrogens is 315 g/mol. The Balaban J connectivity index is 2.18. The predicted molar refractivity (Wildman–Crippen MR) is 84.1 cm³/mol. The second-order valence-corrected chi connectivity index (χ2v) is 6.70. The Bertz CT molecular complexity index is 655. The summed E-state index contributed by atoms with van der Waals surface area (Å²) >= 11 is 13.4. The number of benzene rings is 1. The number of rotatable bonds is 4. The van der Waals surface area contributed by atoms with Crippen LogP contribution in [-0.4, -0.2) is 20.8 Å². The number of aromatic nitrogens is 2. The van der Waals surface area contributed by atoms with E-state index in [1.54, 1.807) is 22.9 Å². The number of nitrogens with zero attached hydrogens (tertiary/aromatic N) is 2. The van der Waals surface area contributed by atoms with Crippen LogP contribution in [0.2, 0.25) is 10.0 Å². The molecule has 0 aliphatic rings. The number of ketones is 1. The predicted octanol–water partition coefficient (Wildman–Crippen LogP) is 4.40. The van der Waals surface area contributed by atoms with E-state index in [0.717, 1.165) is 10.7 Å². The summed E-state index contributed by atoms with van der Waals surface area (Å²) in [4.78, 5) is 12.4. The zero-order valence-electron chi connectivity index (χ0n) is 11.4. The molecule has 0 spiro atoms. The van der Waals surface area contributed by atoms with Crippen LogP contribution in [0.15, 0.2) is 29.3 Å². The van der Waals surface area contributed by atoms with Crippen molar-refractivity contribution in [3.8, 4) is 0 Å². The Hall–Kier alpha value is -0.970. The van der Waals surface area contributed by atoms with Gasteiger partial charge in [-0.1, -0.05) is 35.0 Å². The molecule has 1 unspecified atom stereocenters. The fraction of sp³-hybridized carbons (Fsp3) is 0.286. The number of Topliss-reactive ketones (excluding diaryl/α,β-unsaturated/α-hetero) is 1. The third-order valence-corrected chi connectivity index (χ3v) is 4.56. The summed E-state index contributed by atoms with van der Waals surface area (Å²) in [7, 11) is 1.86. The van der Waals surface area contributed by atoms with E-state index in [4.69, 9.17) is 23.2 Å². The van der Waals surface area contributed by atoms with Gasteiger partial charge in [0, 0.05) is 17.6 Å². The summed E-state index contributed by atoms with van der Waals surface area (Å²) in [5.74, 6) is -0.0180. The highest BCUT2D eigenvalue weighted by Gasteiger charge is 2.20. The van der Waals surface area contributed by atoms with Gasteiger partial charge in [-0.2, -0.15) is 5.10 Å². The molecule has 3 nitrogen and oxygen atoms in total. The quantitative estimate of drug-likeness (QED) is 0.616. The lowest BCUT2D eigenvalue weighted by atomic mass is 10.1. The summed E-state index contributed by atoms with van der Waals surface area (Å²) in [5.41, 5.74) is 1.43. The summed E-state index contributed by atoms with van der Waals surface area (Å²) < 4.78 is 1.77. The van der Waals surface area contributed by atoms with Crippen LogP contribution in [-0.2, 0) is 7.05 Å². The average molecular weight is 329 g/mol. The van der Waals surface area contributed by atoms with Crippen molar-refractivity contribution in [3.63, 3.8) is 0 Å². The molecule has 0 N–H and O–H groups in total. The molecule has 2 aromatic rings. The van der Waals surface area contributed by atoms with Crippen LogP contribution in [0.3, 0.4) is 0 Å². The second-order valence-electron chi connectivity index (χ2n) is 4.50. The summed E-state index contributed by atoms with van der Waals surface area (Å²) in [6, 6.07) is 6.88. The Morgan fingerprint density at radius 1 is 1.35 bits per heavy atom. The van der Waals surface area contributed by atoms with Crippen molar-refractivity contribution >= 4 is 40.7 Å². The van der Waals surface area contributed by atoms with Crippen LogP contribution in [0.5, 0.6) is 0 Å². The van der Waals surface area contributed by atoms with E-state index < -0.39 is 0 Å². The van der Waals surface area contributed by atoms with E-state index in [-0.39, 0.29) is 11.0 Å². The lowest BCUT2D eigenvalue weighted by Gasteiger charge is -2.11. The fourth-order valence-electron chi connectivity index (χ4n) is 1.84. The smallest absolute Gasteiger partial charge is 0.177 e. The van der Waals surface area contributed by atoms with E-state index in [0.29, 0.717) is 15.6 Å². The first kappa shape index (κ1) is 15.4. The van der Waals surface area contributed by atoms with E-state index >= 15 is 0 Å². The SMILES string of the molecule is Cc1cc(SC(C)C(=O)c2ccc(Cl)cc2Cl)n(C)n1. The molecule has 0 amide bonds. The molecule has 2 rings (SSSR count). The molecule has 0 aliphatic carbocycles. The summed E-state index contributed by atoms with van der Waals surface area (Å²) in [6.07, 6.45) is 0. The maximum absolute atomic E-state index is 12.4. The second kappa shape index (κ2) is 6.20. The molecule has 1 atom stereocenters. The minimum absolute atomic E-state index is 0.0180. The molecular formula is C14H14Cl2N2OS. The van der Waals surface area contributed by atoms with Crippen LogP contribution in [0.25, 0.3) is 0 Å². The van der Waals surface area contributed by atoms with Gasteiger partial charge in [0.25, 0.3) is 0 Å². The van der Waals surface area contributed by atoms with Gasteiger partial charge in [0.05, 0.1) is 21.0 Å². The minimum atomic E-state index is -0.247. The minimum Gasteiger partial charge on any atom is -0.293 e. The molecule has 0 aliphatic heterocycles. The summed E-state index contributed by atoms with van der Waals surface area (Å²) in [5, 5.41) is 5.88. The van der Waals surface area contributed by atoms with E-state index in [2.05, 4.69) is 5.10 Å². The van der Waals surface area contributed by atoms with Gasteiger partial charge in [0.2, 0.25) is 0 Å². The molecule has 1 aromatic carbocycles. The van der Waals surface area contributed by atoms with Gasteiger partial charge < -0.3 is 0 Å². The standard InChI is InChI=1S/C14H14Cl2N2OS/c1-8-6-13(18(3)17-8)20-9(2)14(19)11-5-4-10(15)7-12(11)16/h4-7,9H,1-3H3. The molecule has 0 fully saturated rings. The van der Waals surface area contributed by atoms with Crippen LogP contribution in [0.4, 0.5) is 0 Å². The first-order valence-corrected chi connectivity index (χ1v) is 7.68. The molecule has 1 aromatic heterocycles. The number of hydrogen-bond donors (Lipinski definition) is 0. The Morgan fingerprint density at radius 3 is 2.60 bits per heavy atom. The topological polar surface area (TPSA) is 34.9 Å². The van der Waals surface area contributed by atoms with Crippen molar-refractivity contribution in [1.29, 1.82) is 0 Å². The highest BCUT2D eigenvalue weighted by atomic mass is 35.5. The number of halogens is 2. The van der Waals surface area contributed by atoms with Crippen LogP contribution < -0.4 is 0 Å². The highest BCUT2D eigenvalue weighted by Crippen LogP contribution is 2.29. The number of hydrogen-bond acceptors (Lipinski definition) is 3. The van der Waals surface area contributed by atoms with Crippen molar-refractivity contribution in [2.75, 3.05) is 0 Å². The van der Waals surface area contributed by atoms with Crippen molar-refractivity contribution in [2.24, 2.45) is 7.05 Å². The first-order chi connectivity index (χ1) is 9.38. The zero-order valence-corrected chi connectivity index (χ0v) is 13.7. The van der Waals surface area contributed by atoms with Crippen molar-refractivity contribution in [2.45, 2.75) is 24.1 Å². The van der Waals surface area contributed by atoms with Crippen LogP contribution in [0, 0.1) is 6.92 Å². The molecule has 0 saturated carbocycles. The molecule has 6 heteroatoms. The maximum atomic E-state index is 12.4. The Labute approximate surface area is 132 Å². The number of carbonyl (C=O) groups is 1. The molecule has 20 heavy (non-hydrogen) atoms. The Kier molecular flexibility index (Phi) is 4.78. The normalized spacial score (nSPS) is 12.4. The van der Waals surface area contributed by atoms with Gasteiger partial charge in [-0.25, -0.2) is 0 Å². The van der Waals surface area contributed by atoms with Crippen LogP contribution >= 0.6 is 35.0 Å². The van der Waals surface area contributed by atoms with Gasteiger partial charge >= 0.3 is 0 Å². The highest BCUT2D eigenvalue weighted by molar-refractivity contribution is 8.00. The Morgan fingerprint density at radius 2 is 2.05 bits per heavy atom. The fourth-order valence-corrected chi connectivity index (χ4v) is 3.37. The number of carbonyl (C=O) groups excluding carboxylic acids is 1.